The van der Waals surface area contributed by atoms with Crippen molar-refractivity contribution >= 4 is 5.91 Å². The Labute approximate surface area is 142 Å². The van der Waals surface area contributed by atoms with E-state index in [0.29, 0.717) is 12.1 Å². The Morgan fingerprint density at radius 3 is 2.62 bits per heavy atom. The number of aliphatic hydroxyl groups is 1. The molecular formula is C19H24N2O3. The van der Waals surface area contributed by atoms with Gasteiger partial charge in [0.15, 0.2) is 0 Å². The second-order valence-electron chi connectivity index (χ2n) is 6.55. The molecule has 5 nitrogen and oxygen atoms in total. The Morgan fingerprint density at radius 2 is 2.04 bits per heavy atom. The molecule has 0 bridgehead atoms. The van der Waals surface area contributed by atoms with Crippen molar-refractivity contribution in [2.45, 2.75) is 38.3 Å². The van der Waals surface area contributed by atoms with E-state index in [1.807, 2.05) is 31.2 Å². The molecule has 0 spiro atoms. The molecule has 24 heavy (non-hydrogen) atoms. The van der Waals surface area contributed by atoms with Gasteiger partial charge in [-0.05, 0) is 50.5 Å². The van der Waals surface area contributed by atoms with Gasteiger partial charge in [-0.2, -0.15) is 0 Å². The van der Waals surface area contributed by atoms with Crippen LogP contribution in [0.15, 0.2) is 36.5 Å². The zero-order valence-electron chi connectivity index (χ0n) is 14.4. The van der Waals surface area contributed by atoms with Gasteiger partial charge in [0.25, 0.3) is 5.91 Å². The molecule has 2 unspecified atom stereocenters. The highest BCUT2D eigenvalue weighted by Gasteiger charge is 2.43. The molecule has 0 aliphatic carbocycles. The number of likely N-dealkylation sites (tertiary alicyclic amines) is 1. The van der Waals surface area contributed by atoms with E-state index in [0.717, 1.165) is 29.8 Å². The number of nitrogens with zero attached hydrogens (tertiary/aromatic N) is 1. The third kappa shape index (κ3) is 2.80. The van der Waals surface area contributed by atoms with Gasteiger partial charge in [-0.3, -0.25) is 4.79 Å². The summed E-state index contributed by atoms with van der Waals surface area (Å²) in [5, 5.41) is 11.2. The summed E-state index contributed by atoms with van der Waals surface area (Å²) in [6.07, 6.45) is 3.45. The Hall–Kier alpha value is -2.27. The van der Waals surface area contributed by atoms with Crippen LogP contribution >= 0.6 is 0 Å². The van der Waals surface area contributed by atoms with Gasteiger partial charge >= 0.3 is 0 Å². The van der Waals surface area contributed by atoms with Gasteiger partial charge in [0.1, 0.15) is 11.4 Å². The Bertz CT molecular complexity index is 718. The van der Waals surface area contributed by atoms with E-state index in [1.54, 1.807) is 31.2 Å². The molecule has 3 rings (SSSR count). The number of amides is 1. The maximum atomic E-state index is 12.9. The number of nitrogens with one attached hydrogen (secondary N) is 1. The van der Waals surface area contributed by atoms with Crippen LogP contribution in [-0.2, 0) is 5.60 Å². The molecule has 2 aromatic rings. The monoisotopic (exact) mass is 328 g/mol. The Morgan fingerprint density at radius 1 is 1.33 bits per heavy atom. The molecule has 2 atom stereocenters. The number of aryl methyl sites for hydroxylation is 1. The van der Waals surface area contributed by atoms with Gasteiger partial charge in [0, 0.05) is 18.4 Å². The number of benzene rings is 1. The van der Waals surface area contributed by atoms with E-state index < -0.39 is 5.60 Å². The van der Waals surface area contributed by atoms with Gasteiger partial charge in [0.2, 0.25) is 0 Å². The van der Waals surface area contributed by atoms with Gasteiger partial charge in [-0.1, -0.05) is 12.1 Å². The zero-order valence-corrected chi connectivity index (χ0v) is 14.4. The van der Waals surface area contributed by atoms with Crippen LogP contribution < -0.4 is 4.74 Å². The van der Waals surface area contributed by atoms with Crippen molar-refractivity contribution in [2.75, 3.05) is 13.7 Å². The molecule has 1 saturated heterocycles. The third-order valence-corrected chi connectivity index (χ3v) is 5.02. The number of hydrogen-bond donors (Lipinski definition) is 2. The first-order chi connectivity index (χ1) is 11.4. The molecule has 2 heterocycles. The number of rotatable bonds is 4. The Kier molecular flexibility index (Phi) is 4.37. The summed E-state index contributed by atoms with van der Waals surface area (Å²) in [6.45, 7) is 4.34. The van der Waals surface area contributed by atoms with E-state index in [2.05, 4.69) is 4.98 Å². The van der Waals surface area contributed by atoms with Crippen molar-refractivity contribution in [2.24, 2.45) is 0 Å². The van der Waals surface area contributed by atoms with E-state index in [-0.39, 0.29) is 11.9 Å². The van der Waals surface area contributed by atoms with Crippen LogP contribution in [0, 0.1) is 6.92 Å². The van der Waals surface area contributed by atoms with E-state index in [9.17, 15) is 9.90 Å². The zero-order chi connectivity index (χ0) is 17.3. The highest BCUT2D eigenvalue weighted by Crippen LogP contribution is 2.36. The normalized spacial score (nSPS) is 20.0. The highest BCUT2D eigenvalue weighted by molar-refractivity contribution is 5.95. The molecule has 0 saturated carbocycles. The van der Waals surface area contributed by atoms with Crippen molar-refractivity contribution in [3.63, 3.8) is 0 Å². The molecular weight excluding hydrogens is 304 g/mol. The molecule has 0 radical (unpaired) electrons. The molecule has 1 aromatic carbocycles. The minimum atomic E-state index is -1.11. The highest BCUT2D eigenvalue weighted by atomic mass is 16.5. The topological polar surface area (TPSA) is 65.6 Å². The lowest BCUT2D eigenvalue weighted by atomic mass is 9.86. The molecule has 5 heteroatoms. The largest absolute Gasteiger partial charge is 0.497 e. The number of ether oxygens (including phenoxy) is 1. The third-order valence-electron chi connectivity index (χ3n) is 5.02. The smallest absolute Gasteiger partial charge is 0.256 e. The van der Waals surface area contributed by atoms with Crippen molar-refractivity contribution in [3.8, 4) is 5.75 Å². The number of methoxy groups -OCH3 is 1. The predicted octanol–water partition coefficient (Wildman–Crippen LogP) is 2.84. The lowest BCUT2D eigenvalue weighted by Gasteiger charge is -2.37. The summed E-state index contributed by atoms with van der Waals surface area (Å²) in [4.78, 5) is 17.7. The number of hydrogen-bond acceptors (Lipinski definition) is 3. The lowest BCUT2D eigenvalue weighted by Crippen LogP contribution is -2.48. The number of aromatic nitrogens is 1. The summed E-state index contributed by atoms with van der Waals surface area (Å²) >= 11 is 0. The molecule has 1 aromatic heterocycles. The van der Waals surface area contributed by atoms with Gasteiger partial charge in [-0.25, -0.2) is 0 Å². The van der Waals surface area contributed by atoms with Crippen molar-refractivity contribution in [1.82, 2.24) is 9.88 Å². The first-order valence-corrected chi connectivity index (χ1v) is 8.27. The second-order valence-corrected chi connectivity index (χ2v) is 6.55. The number of carbonyl (C=O) groups is 1. The quantitative estimate of drug-likeness (QED) is 0.907. The van der Waals surface area contributed by atoms with Crippen LogP contribution in [0.2, 0.25) is 0 Å². The number of H-pyrrole nitrogens is 1. The molecule has 1 aliphatic rings. The maximum Gasteiger partial charge on any atom is 0.256 e. The van der Waals surface area contributed by atoms with Crippen LogP contribution in [0.4, 0.5) is 0 Å². The van der Waals surface area contributed by atoms with Crippen molar-refractivity contribution < 1.29 is 14.6 Å². The van der Waals surface area contributed by atoms with Gasteiger partial charge in [0.05, 0.1) is 18.7 Å². The molecule has 1 fully saturated rings. The fourth-order valence-corrected chi connectivity index (χ4v) is 3.55. The Balaban J connectivity index is 1.88. The van der Waals surface area contributed by atoms with Gasteiger partial charge in [-0.15, -0.1) is 0 Å². The lowest BCUT2D eigenvalue weighted by molar-refractivity contribution is -0.0177. The average molecular weight is 328 g/mol. The second kappa shape index (κ2) is 6.32. The SMILES string of the molecule is COc1ccc(C(C)(O)C2CCCN2C(=O)c2cc[nH]c2C)cc1. The molecule has 2 N–H and O–H groups in total. The van der Waals surface area contributed by atoms with E-state index in [1.165, 1.54) is 0 Å². The minimum Gasteiger partial charge on any atom is -0.497 e. The summed E-state index contributed by atoms with van der Waals surface area (Å²) in [7, 11) is 1.61. The van der Waals surface area contributed by atoms with Crippen LogP contribution in [-0.4, -0.2) is 40.6 Å². The van der Waals surface area contributed by atoms with E-state index >= 15 is 0 Å². The van der Waals surface area contributed by atoms with Crippen LogP contribution in [0.1, 0.15) is 41.4 Å². The fraction of sp³-hybridized carbons (Fsp3) is 0.421. The van der Waals surface area contributed by atoms with Crippen LogP contribution in [0.5, 0.6) is 5.75 Å². The van der Waals surface area contributed by atoms with Crippen molar-refractivity contribution in [1.29, 1.82) is 0 Å². The number of carbonyl (C=O) groups excluding carboxylic acids is 1. The first kappa shape index (κ1) is 16.6. The average Bonchev–Trinajstić information content (AvgIpc) is 3.23. The molecule has 1 aliphatic heterocycles. The van der Waals surface area contributed by atoms with E-state index in [4.69, 9.17) is 4.74 Å². The molecule has 1 amide bonds. The summed E-state index contributed by atoms with van der Waals surface area (Å²) < 4.78 is 5.18. The van der Waals surface area contributed by atoms with Crippen LogP contribution in [0.25, 0.3) is 0 Å². The maximum absolute atomic E-state index is 12.9. The summed E-state index contributed by atoms with van der Waals surface area (Å²) in [6, 6.07) is 8.95. The van der Waals surface area contributed by atoms with Gasteiger partial charge < -0.3 is 19.7 Å². The van der Waals surface area contributed by atoms with Crippen molar-refractivity contribution in [3.05, 3.63) is 53.3 Å². The summed E-state index contributed by atoms with van der Waals surface area (Å²) in [5.74, 6) is 0.724. The van der Waals surface area contributed by atoms with Crippen LogP contribution in [0.3, 0.4) is 0 Å². The predicted molar refractivity (Wildman–Crippen MR) is 92.2 cm³/mol. The summed E-state index contributed by atoms with van der Waals surface area (Å²) in [5.41, 5.74) is 1.21. The minimum absolute atomic E-state index is 0.0231. The first-order valence-electron chi connectivity index (χ1n) is 8.27. The number of aromatic amines is 1. The standard InChI is InChI=1S/C19H24N2O3/c1-13-16(10-11-20-13)18(22)21-12-4-5-17(21)19(2,23)14-6-8-15(24-3)9-7-14/h6-11,17,20,23H,4-5,12H2,1-3H3. The molecule has 128 valence electrons. The fourth-order valence-electron chi connectivity index (χ4n) is 3.55.